The SMILES string of the molecule is C[C@@H]1C[C@H](C)CN(c2ccc(NC(=O)c3ccco3)cc2C(=O)O)C1. The largest absolute Gasteiger partial charge is 0.478 e. The lowest BCUT2D eigenvalue weighted by Crippen LogP contribution is -2.39. The van der Waals surface area contributed by atoms with Crippen LogP contribution in [0.15, 0.2) is 41.0 Å². The van der Waals surface area contributed by atoms with Crippen LogP contribution in [0.25, 0.3) is 0 Å². The normalized spacial score (nSPS) is 20.3. The first-order valence-electron chi connectivity index (χ1n) is 8.41. The zero-order valence-electron chi connectivity index (χ0n) is 14.4. The fourth-order valence-electron chi connectivity index (χ4n) is 3.52. The minimum atomic E-state index is -1.00. The van der Waals surface area contributed by atoms with Gasteiger partial charge in [-0.2, -0.15) is 0 Å². The van der Waals surface area contributed by atoms with Gasteiger partial charge < -0.3 is 19.7 Å². The van der Waals surface area contributed by atoms with E-state index in [4.69, 9.17) is 4.42 Å². The quantitative estimate of drug-likeness (QED) is 0.885. The van der Waals surface area contributed by atoms with Crippen molar-refractivity contribution in [2.45, 2.75) is 20.3 Å². The molecule has 1 aliphatic heterocycles. The molecule has 3 rings (SSSR count). The Hall–Kier alpha value is -2.76. The summed E-state index contributed by atoms with van der Waals surface area (Å²) >= 11 is 0. The summed E-state index contributed by atoms with van der Waals surface area (Å²) in [5, 5.41) is 12.3. The Morgan fingerprint density at radius 3 is 2.52 bits per heavy atom. The second-order valence-corrected chi connectivity index (χ2v) is 6.82. The van der Waals surface area contributed by atoms with Crippen molar-refractivity contribution in [1.82, 2.24) is 0 Å². The van der Waals surface area contributed by atoms with Gasteiger partial charge in [-0.05, 0) is 48.6 Å². The van der Waals surface area contributed by atoms with Gasteiger partial charge in [-0.15, -0.1) is 0 Å². The summed E-state index contributed by atoms with van der Waals surface area (Å²) in [6, 6.07) is 8.18. The van der Waals surface area contributed by atoms with Crippen molar-refractivity contribution in [3.8, 4) is 0 Å². The molecular weight excluding hydrogens is 320 g/mol. The minimum Gasteiger partial charge on any atom is -0.478 e. The summed E-state index contributed by atoms with van der Waals surface area (Å²) in [5.41, 5.74) is 1.32. The monoisotopic (exact) mass is 342 g/mol. The Labute approximate surface area is 146 Å². The van der Waals surface area contributed by atoms with E-state index in [9.17, 15) is 14.7 Å². The molecule has 0 unspecified atom stereocenters. The molecule has 0 aliphatic carbocycles. The first-order valence-corrected chi connectivity index (χ1v) is 8.41. The van der Waals surface area contributed by atoms with Crippen LogP contribution in [-0.2, 0) is 0 Å². The van der Waals surface area contributed by atoms with Gasteiger partial charge in [0.2, 0.25) is 0 Å². The number of carboxylic acid groups (broad SMARTS) is 1. The van der Waals surface area contributed by atoms with Crippen LogP contribution < -0.4 is 10.2 Å². The molecule has 6 heteroatoms. The van der Waals surface area contributed by atoms with E-state index in [0.717, 1.165) is 19.5 Å². The second-order valence-electron chi connectivity index (χ2n) is 6.82. The topological polar surface area (TPSA) is 82.8 Å². The number of benzene rings is 1. The van der Waals surface area contributed by atoms with Crippen LogP contribution >= 0.6 is 0 Å². The predicted octanol–water partition coefficient (Wildman–Crippen LogP) is 3.71. The molecule has 1 fully saturated rings. The molecule has 1 saturated heterocycles. The summed E-state index contributed by atoms with van der Waals surface area (Å²) in [6.07, 6.45) is 2.57. The third kappa shape index (κ3) is 3.84. The van der Waals surface area contributed by atoms with Crippen LogP contribution in [0.5, 0.6) is 0 Å². The molecule has 1 aromatic carbocycles. The standard InChI is InChI=1S/C19H22N2O4/c1-12-8-13(2)11-21(10-12)16-6-5-14(9-15(16)19(23)24)20-18(22)17-4-3-7-25-17/h3-7,9,12-13H,8,10-11H2,1-2H3,(H,20,22)(H,23,24)/t12-,13+. The number of aromatic carboxylic acids is 1. The van der Waals surface area contributed by atoms with Gasteiger partial charge >= 0.3 is 5.97 Å². The average molecular weight is 342 g/mol. The molecule has 132 valence electrons. The molecule has 2 N–H and O–H groups in total. The maximum absolute atomic E-state index is 12.1. The fourth-order valence-corrected chi connectivity index (χ4v) is 3.52. The maximum atomic E-state index is 12.1. The average Bonchev–Trinajstić information content (AvgIpc) is 3.08. The number of carbonyl (C=O) groups is 2. The first kappa shape index (κ1) is 17.1. The van der Waals surface area contributed by atoms with Crippen LogP contribution in [0.4, 0.5) is 11.4 Å². The van der Waals surface area contributed by atoms with Crippen LogP contribution in [0.3, 0.4) is 0 Å². The third-order valence-corrected chi connectivity index (χ3v) is 4.44. The van der Waals surface area contributed by atoms with Crippen LogP contribution in [0.1, 0.15) is 41.2 Å². The number of hydrogen-bond acceptors (Lipinski definition) is 4. The lowest BCUT2D eigenvalue weighted by molar-refractivity contribution is 0.0697. The van der Waals surface area contributed by atoms with Gasteiger partial charge in [-0.25, -0.2) is 4.79 Å². The fraction of sp³-hybridized carbons (Fsp3) is 0.368. The van der Waals surface area contributed by atoms with Crippen molar-refractivity contribution in [3.63, 3.8) is 0 Å². The molecule has 2 aromatic rings. The Kier molecular flexibility index (Phi) is 4.79. The van der Waals surface area contributed by atoms with Gasteiger partial charge in [-0.3, -0.25) is 4.79 Å². The number of piperidine rings is 1. The van der Waals surface area contributed by atoms with E-state index < -0.39 is 11.9 Å². The van der Waals surface area contributed by atoms with Crippen molar-refractivity contribution in [3.05, 3.63) is 47.9 Å². The lowest BCUT2D eigenvalue weighted by atomic mass is 9.91. The highest BCUT2D eigenvalue weighted by Gasteiger charge is 2.25. The zero-order valence-corrected chi connectivity index (χ0v) is 14.4. The Morgan fingerprint density at radius 2 is 1.92 bits per heavy atom. The second kappa shape index (κ2) is 7.01. The number of nitrogens with zero attached hydrogens (tertiary/aromatic N) is 1. The van der Waals surface area contributed by atoms with Crippen molar-refractivity contribution < 1.29 is 19.1 Å². The first-order chi connectivity index (χ1) is 11.9. The minimum absolute atomic E-state index is 0.180. The van der Waals surface area contributed by atoms with Gasteiger partial charge in [0, 0.05) is 18.8 Å². The summed E-state index contributed by atoms with van der Waals surface area (Å²) < 4.78 is 5.05. The predicted molar refractivity (Wildman–Crippen MR) is 95.2 cm³/mol. The van der Waals surface area contributed by atoms with Crippen molar-refractivity contribution >= 4 is 23.3 Å². The smallest absolute Gasteiger partial charge is 0.337 e. The van der Waals surface area contributed by atoms with Gasteiger partial charge in [0.25, 0.3) is 5.91 Å². The van der Waals surface area contributed by atoms with Gasteiger partial charge in [0.1, 0.15) is 0 Å². The molecule has 1 aromatic heterocycles. The van der Waals surface area contributed by atoms with E-state index in [-0.39, 0.29) is 11.3 Å². The van der Waals surface area contributed by atoms with E-state index in [1.807, 2.05) is 0 Å². The number of amides is 1. The van der Waals surface area contributed by atoms with E-state index in [1.165, 1.54) is 12.3 Å². The van der Waals surface area contributed by atoms with E-state index in [0.29, 0.717) is 23.2 Å². The highest BCUT2D eigenvalue weighted by molar-refractivity contribution is 6.03. The number of hydrogen-bond donors (Lipinski definition) is 2. The van der Waals surface area contributed by atoms with Gasteiger partial charge in [-0.1, -0.05) is 13.8 Å². The van der Waals surface area contributed by atoms with Gasteiger partial charge in [0.15, 0.2) is 5.76 Å². The molecule has 0 radical (unpaired) electrons. The maximum Gasteiger partial charge on any atom is 0.337 e. The van der Waals surface area contributed by atoms with Gasteiger partial charge in [0.05, 0.1) is 17.5 Å². The highest BCUT2D eigenvalue weighted by Crippen LogP contribution is 2.30. The van der Waals surface area contributed by atoms with Crippen molar-refractivity contribution in [2.24, 2.45) is 11.8 Å². The van der Waals surface area contributed by atoms with E-state index >= 15 is 0 Å². The van der Waals surface area contributed by atoms with Crippen molar-refractivity contribution in [1.29, 1.82) is 0 Å². The molecule has 25 heavy (non-hydrogen) atoms. The summed E-state index contributed by atoms with van der Waals surface area (Å²) in [7, 11) is 0. The number of carboxylic acids is 1. The number of furan rings is 1. The molecule has 0 bridgehead atoms. The number of nitrogens with one attached hydrogen (secondary N) is 1. The zero-order chi connectivity index (χ0) is 18.0. The number of carbonyl (C=O) groups excluding carboxylic acids is 1. The molecular formula is C19H22N2O4. The number of anilines is 2. The Morgan fingerprint density at radius 1 is 1.20 bits per heavy atom. The lowest BCUT2D eigenvalue weighted by Gasteiger charge is -2.37. The van der Waals surface area contributed by atoms with Crippen LogP contribution in [0.2, 0.25) is 0 Å². The summed E-state index contributed by atoms with van der Waals surface area (Å²) in [6.45, 7) is 6.04. The molecule has 0 spiro atoms. The Balaban J connectivity index is 1.85. The van der Waals surface area contributed by atoms with E-state index in [1.54, 1.807) is 24.3 Å². The third-order valence-electron chi connectivity index (χ3n) is 4.44. The molecule has 1 amide bonds. The van der Waals surface area contributed by atoms with Crippen molar-refractivity contribution in [2.75, 3.05) is 23.3 Å². The summed E-state index contributed by atoms with van der Waals surface area (Å²) in [5.74, 6) is -0.198. The van der Waals surface area contributed by atoms with Crippen LogP contribution in [0, 0.1) is 11.8 Å². The van der Waals surface area contributed by atoms with Crippen LogP contribution in [-0.4, -0.2) is 30.1 Å². The molecule has 2 atom stereocenters. The highest BCUT2D eigenvalue weighted by atomic mass is 16.4. The molecule has 2 heterocycles. The number of rotatable bonds is 4. The molecule has 0 saturated carbocycles. The van der Waals surface area contributed by atoms with E-state index in [2.05, 4.69) is 24.1 Å². The molecule has 1 aliphatic rings. The molecule has 6 nitrogen and oxygen atoms in total. The Bertz CT molecular complexity index is 760. The summed E-state index contributed by atoms with van der Waals surface area (Å²) in [4.78, 5) is 25.9.